The molecule has 6 nitrogen and oxygen atoms in total. The van der Waals surface area contributed by atoms with E-state index in [9.17, 15) is 9.59 Å². The van der Waals surface area contributed by atoms with Gasteiger partial charge in [0.05, 0.1) is 18.9 Å². The molecule has 0 bridgehead atoms. The van der Waals surface area contributed by atoms with Gasteiger partial charge in [0.2, 0.25) is 5.91 Å². The van der Waals surface area contributed by atoms with E-state index in [4.69, 9.17) is 5.21 Å². The Labute approximate surface area is 97.9 Å². The summed E-state index contributed by atoms with van der Waals surface area (Å²) in [5.41, 5.74) is 1.16. The molecule has 0 aromatic heterocycles. The Hall–Kier alpha value is -2.37. The van der Waals surface area contributed by atoms with Crippen molar-refractivity contribution in [3.05, 3.63) is 29.3 Å². The highest BCUT2D eigenvalue weighted by Crippen LogP contribution is 2.16. The van der Waals surface area contributed by atoms with Crippen LogP contribution in [-0.2, 0) is 9.53 Å². The number of carbonyl (C=O) groups excluding carboxylic acids is 2. The molecule has 0 unspecified atom stereocenters. The van der Waals surface area contributed by atoms with Crippen molar-refractivity contribution in [2.24, 2.45) is 5.16 Å². The lowest BCUT2D eigenvalue weighted by Gasteiger charge is -2.07. The summed E-state index contributed by atoms with van der Waals surface area (Å²) in [6, 6.07) is 4.49. The second-order valence-corrected chi connectivity index (χ2v) is 3.22. The van der Waals surface area contributed by atoms with Gasteiger partial charge in [-0.05, 0) is 18.2 Å². The summed E-state index contributed by atoms with van der Waals surface area (Å²) in [7, 11) is 1.27. The van der Waals surface area contributed by atoms with Gasteiger partial charge in [-0.15, -0.1) is 0 Å². The van der Waals surface area contributed by atoms with Gasteiger partial charge in [0.15, 0.2) is 0 Å². The average Bonchev–Trinajstić information content (AvgIpc) is 2.30. The van der Waals surface area contributed by atoms with Crippen LogP contribution in [0.25, 0.3) is 0 Å². The summed E-state index contributed by atoms with van der Waals surface area (Å²) in [5.74, 6) is -0.768. The standard InChI is InChI=1S/C11H12N2O4/c1-7(14)13-10-4-3-8(11(15)17-2)5-9(10)6-12-16/h3-6,16H,1-2H3,(H,13,14). The number of nitrogens with zero attached hydrogens (tertiary/aromatic N) is 1. The molecule has 90 valence electrons. The molecule has 0 heterocycles. The lowest BCUT2D eigenvalue weighted by atomic mass is 10.1. The van der Waals surface area contributed by atoms with Crippen molar-refractivity contribution in [3.8, 4) is 0 Å². The zero-order valence-electron chi connectivity index (χ0n) is 9.43. The molecule has 0 aliphatic rings. The Morgan fingerprint density at radius 2 is 2.18 bits per heavy atom. The molecule has 0 fully saturated rings. The molecule has 0 aliphatic heterocycles. The number of methoxy groups -OCH3 is 1. The Morgan fingerprint density at radius 3 is 2.71 bits per heavy atom. The van der Waals surface area contributed by atoms with Crippen molar-refractivity contribution in [2.75, 3.05) is 12.4 Å². The van der Waals surface area contributed by atoms with E-state index in [1.165, 1.54) is 32.2 Å². The van der Waals surface area contributed by atoms with Crippen LogP contribution in [0.3, 0.4) is 0 Å². The minimum atomic E-state index is -0.507. The maximum Gasteiger partial charge on any atom is 0.337 e. The number of nitrogens with one attached hydrogen (secondary N) is 1. The molecule has 0 saturated carbocycles. The number of rotatable bonds is 3. The minimum Gasteiger partial charge on any atom is -0.465 e. The number of oxime groups is 1. The van der Waals surface area contributed by atoms with Crippen molar-refractivity contribution in [2.45, 2.75) is 6.92 Å². The largest absolute Gasteiger partial charge is 0.465 e. The Balaban J connectivity index is 3.16. The molecule has 1 aromatic rings. The Kier molecular flexibility index (Phi) is 4.21. The van der Waals surface area contributed by atoms with Gasteiger partial charge in [-0.25, -0.2) is 4.79 Å². The van der Waals surface area contributed by atoms with Gasteiger partial charge in [-0.3, -0.25) is 4.79 Å². The van der Waals surface area contributed by atoms with Crippen molar-refractivity contribution < 1.29 is 19.5 Å². The fraction of sp³-hybridized carbons (Fsp3) is 0.182. The molecule has 1 amide bonds. The van der Waals surface area contributed by atoms with E-state index < -0.39 is 5.97 Å². The lowest BCUT2D eigenvalue weighted by molar-refractivity contribution is -0.114. The minimum absolute atomic E-state index is 0.261. The number of anilines is 1. The second kappa shape index (κ2) is 5.64. The molecule has 0 radical (unpaired) electrons. The van der Waals surface area contributed by atoms with E-state index >= 15 is 0 Å². The van der Waals surface area contributed by atoms with Gasteiger partial charge in [0.1, 0.15) is 0 Å². The van der Waals surface area contributed by atoms with Gasteiger partial charge in [0.25, 0.3) is 0 Å². The van der Waals surface area contributed by atoms with E-state index in [2.05, 4.69) is 15.2 Å². The summed E-state index contributed by atoms with van der Waals surface area (Å²) in [6.45, 7) is 1.36. The van der Waals surface area contributed by atoms with Crippen molar-refractivity contribution in [1.82, 2.24) is 0 Å². The molecule has 2 N–H and O–H groups in total. The van der Waals surface area contributed by atoms with Crippen LogP contribution < -0.4 is 5.32 Å². The summed E-state index contributed by atoms with van der Waals surface area (Å²) in [6.07, 6.45) is 1.12. The number of ether oxygens (including phenoxy) is 1. The highest BCUT2D eigenvalue weighted by atomic mass is 16.5. The van der Waals surface area contributed by atoms with Crippen LogP contribution in [0.4, 0.5) is 5.69 Å². The number of amides is 1. The van der Waals surface area contributed by atoms with Crippen molar-refractivity contribution >= 4 is 23.8 Å². The molecule has 0 aliphatic carbocycles. The molecule has 0 spiro atoms. The van der Waals surface area contributed by atoms with Crippen molar-refractivity contribution in [1.29, 1.82) is 0 Å². The van der Waals surface area contributed by atoms with Crippen LogP contribution in [0.2, 0.25) is 0 Å². The third-order valence-corrected chi connectivity index (χ3v) is 1.98. The molecule has 0 saturated heterocycles. The average molecular weight is 236 g/mol. The number of benzene rings is 1. The molecule has 0 atom stereocenters. The van der Waals surface area contributed by atoms with Gasteiger partial charge in [0, 0.05) is 18.2 Å². The van der Waals surface area contributed by atoms with Crippen LogP contribution in [0.5, 0.6) is 0 Å². The first-order valence-electron chi connectivity index (χ1n) is 4.76. The smallest absolute Gasteiger partial charge is 0.337 e. The summed E-state index contributed by atoms with van der Waals surface area (Å²) >= 11 is 0. The van der Waals surface area contributed by atoms with E-state index in [1.807, 2.05) is 0 Å². The topological polar surface area (TPSA) is 88.0 Å². The summed E-state index contributed by atoms with van der Waals surface area (Å²) < 4.78 is 4.56. The van der Waals surface area contributed by atoms with Gasteiger partial charge >= 0.3 is 5.97 Å². The fourth-order valence-corrected chi connectivity index (χ4v) is 1.28. The summed E-state index contributed by atoms with van der Waals surface area (Å²) in [4.78, 5) is 22.2. The molecule has 1 aromatic carbocycles. The zero-order chi connectivity index (χ0) is 12.8. The van der Waals surface area contributed by atoms with Gasteiger partial charge in [-0.2, -0.15) is 0 Å². The van der Waals surface area contributed by atoms with Crippen LogP contribution in [-0.4, -0.2) is 30.4 Å². The second-order valence-electron chi connectivity index (χ2n) is 3.22. The number of hydrogen-bond acceptors (Lipinski definition) is 5. The maximum atomic E-state index is 11.3. The first kappa shape index (κ1) is 12.7. The Bertz CT molecular complexity index is 469. The SMILES string of the molecule is COC(=O)c1ccc(NC(C)=O)c(C=NO)c1. The van der Waals surface area contributed by atoms with Gasteiger partial charge < -0.3 is 15.3 Å². The molecule has 6 heteroatoms. The van der Waals surface area contributed by atoms with Crippen LogP contribution in [0.1, 0.15) is 22.8 Å². The van der Waals surface area contributed by atoms with E-state index in [0.29, 0.717) is 16.8 Å². The third-order valence-electron chi connectivity index (χ3n) is 1.98. The molecule has 17 heavy (non-hydrogen) atoms. The predicted octanol–water partition coefficient (Wildman–Crippen LogP) is 1.24. The molecule has 1 rings (SSSR count). The maximum absolute atomic E-state index is 11.3. The Morgan fingerprint density at radius 1 is 1.47 bits per heavy atom. The van der Waals surface area contributed by atoms with Crippen LogP contribution >= 0.6 is 0 Å². The lowest BCUT2D eigenvalue weighted by Crippen LogP contribution is -2.09. The highest BCUT2D eigenvalue weighted by molar-refractivity contribution is 5.99. The van der Waals surface area contributed by atoms with E-state index in [0.717, 1.165) is 6.21 Å². The molecular weight excluding hydrogens is 224 g/mol. The summed E-state index contributed by atoms with van der Waals surface area (Å²) in [5, 5.41) is 13.9. The quantitative estimate of drug-likeness (QED) is 0.357. The number of hydrogen-bond donors (Lipinski definition) is 2. The van der Waals surface area contributed by atoms with Crippen LogP contribution in [0, 0.1) is 0 Å². The fourth-order valence-electron chi connectivity index (χ4n) is 1.28. The number of esters is 1. The zero-order valence-corrected chi connectivity index (χ0v) is 9.43. The predicted molar refractivity (Wildman–Crippen MR) is 61.5 cm³/mol. The normalized spacial score (nSPS) is 10.2. The van der Waals surface area contributed by atoms with E-state index in [-0.39, 0.29) is 5.91 Å². The first-order valence-corrected chi connectivity index (χ1v) is 4.76. The van der Waals surface area contributed by atoms with E-state index in [1.54, 1.807) is 0 Å². The van der Waals surface area contributed by atoms with Crippen LogP contribution in [0.15, 0.2) is 23.4 Å². The monoisotopic (exact) mass is 236 g/mol. The third kappa shape index (κ3) is 3.30. The van der Waals surface area contributed by atoms with Crippen molar-refractivity contribution in [3.63, 3.8) is 0 Å². The number of carbonyl (C=O) groups is 2. The van der Waals surface area contributed by atoms with Gasteiger partial charge in [-0.1, -0.05) is 5.16 Å². The molecular formula is C11H12N2O4. The first-order chi connectivity index (χ1) is 8.08. The highest BCUT2D eigenvalue weighted by Gasteiger charge is 2.09.